The SMILES string of the molecule is COC1CC(NCCCN(C)Cc2ccccc2)C1. The van der Waals surface area contributed by atoms with E-state index in [4.69, 9.17) is 4.74 Å². The van der Waals surface area contributed by atoms with Gasteiger partial charge in [-0.2, -0.15) is 0 Å². The molecule has 0 aliphatic heterocycles. The van der Waals surface area contributed by atoms with Gasteiger partial charge in [-0.3, -0.25) is 0 Å². The van der Waals surface area contributed by atoms with E-state index in [2.05, 4.69) is 47.6 Å². The van der Waals surface area contributed by atoms with E-state index in [-0.39, 0.29) is 0 Å². The Labute approximate surface area is 116 Å². The Morgan fingerprint density at radius 2 is 2.00 bits per heavy atom. The largest absolute Gasteiger partial charge is 0.381 e. The van der Waals surface area contributed by atoms with Crippen LogP contribution in [-0.2, 0) is 11.3 Å². The van der Waals surface area contributed by atoms with Gasteiger partial charge in [-0.1, -0.05) is 30.3 Å². The lowest BCUT2D eigenvalue weighted by molar-refractivity contribution is 0.0174. The molecule has 3 heteroatoms. The van der Waals surface area contributed by atoms with Crippen molar-refractivity contribution in [2.75, 3.05) is 27.2 Å². The van der Waals surface area contributed by atoms with Gasteiger partial charge in [0.1, 0.15) is 0 Å². The zero-order chi connectivity index (χ0) is 13.5. The van der Waals surface area contributed by atoms with Crippen molar-refractivity contribution < 1.29 is 4.74 Å². The minimum atomic E-state index is 0.498. The summed E-state index contributed by atoms with van der Waals surface area (Å²) in [6.45, 7) is 3.29. The summed E-state index contributed by atoms with van der Waals surface area (Å²) in [7, 11) is 4.00. The highest BCUT2D eigenvalue weighted by atomic mass is 16.5. The van der Waals surface area contributed by atoms with Crippen LogP contribution in [0.1, 0.15) is 24.8 Å². The van der Waals surface area contributed by atoms with Crippen LogP contribution >= 0.6 is 0 Å². The molecule has 0 aromatic heterocycles. The molecule has 3 nitrogen and oxygen atoms in total. The van der Waals surface area contributed by atoms with Crippen LogP contribution in [-0.4, -0.2) is 44.3 Å². The summed E-state index contributed by atoms with van der Waals surface area (Å²) in [5.74, 6) is 0. The topological polar surface area (TPSA) is 24.5 Å². The molecule has 1 aliphatic rings. The second kappa shape index (κ2) is 7.63. The molecule has 0 atom stereocenters. The summed E-state index contributed by atoms with van der Waals surface area (Å²) in [6, 6.07) is 11.3. The van der Waals surface area contributed by atoms with Crippen molar-refractivity contribution in [2.24, 2.45) is 0 Å². The zero-order valence-corrected chi connectivity index (χ0v) is 12.1. The minimum Gasteiger partial charge on any atom is -0.381 e. The molecule has 0 spiro atoms. The van der Waals surface area contributed by atoms with E-state index in [1.807, 2.05) is 0 Å². The Morgan fingerprint density at radius 1 is 1.26 bits per heavy atom. The van der Waals surface area contributed by atoms with Gasteiger partial charge in [-0.25, -0.2) is 0 Å². The van der Waals surface area contributed by atoms with Crippen LogP contribution in [0.25, 0.3) is 0 Å². The standard InChI is InChI=1S/C16H26N2O/c1-18(13-14-7-4-3-5-8-14)10-6-9-17-15-11-16(12-15)19-2/h3-5,7-8,15-17H,6,9-13H2,1-2H3. The van der Waals surface area contributed by atoms with E-state index in [1.54, 1.807) is 7.11 Å². The Hall–Kier alpha value is -0.900. The first-order valence-electron chi connectivity index (χ1n) is 7.26. The number of hydrogen-bond acceptors (Lipinski definition) is 3. The lowest BCUT2D eigenvalue weighted by atomic mass is 9.89. The summed E-state index contributed by atoms with van der Waals surface area (Å²) >= 11 is 0. The van der Waals surface area contributed by atoms with Crippen molar-refractivity contribution in [3.8, 4) is 0 Å². The van der Waals surface area contributed by atoms with Gasteiger partial charge >= 0.3 is 0 Å². The monoisotopic (exact) mass is 262 g/mol. The predicted molar refractivity (Wildman–Crippen MR) is 79.2 cm³/mol. The summed E-state index contributed by atoms with van der Waals surface area (Å²) in [5, 5.41) is 3.60. The highest BCUT2D eigenvalue weighted by Crippen LogP contribution is 2.22. The van der Waals surface area contributed by atoms with Gasteiger partial charge in [0.25, 0.3) is 0 Å². The average molecular weight is 262 g/mol. The molecule has 0 saturated heterocycles. The Kier molecular flexibility index (Phi) is 5.83. The van der Waals surface area contributed by atoms with E-state index in [1.165, 1.54) is 24.8 Å². The first-order valence-corrected chi connectivity index (χ1v) is 7.26. The van der Waals surface area contributed by atoms with Gasteiger partial charge in [0.05, 0.1) is 6.10 Å². The zero-order valence-electron chi connectivity index (χ0n) is 12.1. The number of nitrogens with one attached hydrogen (secondary N) is 1. The molecule has 0 radical (unpaired) electrons. The van der Waals surface area contributed by atoms with Crippen LogP contribution in [0.5, 0.6) is 0 Å². The molecule has 1 saturated carbocycles. The second-order valence-corrected chi connectivity index (χ2v) is 5.56. The summed E-state index contributed by atoms with van der Waals surface area (Å²) in [4.78, 5) is 2.38. The van der Waals surface area contributed by atoms with Crippen molar-refractivity contribution in [3.05, 3.63) is 35.9 Å². The summed E-state index contributed by atoms with van der Waals surface area (Å²) < 4.78 is 5.28. The molecule has 1 N–H and O–H groups in total. The van der Waals surface area contributed by atoms with Crippen LogP contribution in [0.4, 0.5) is 0 Å². The number of ether oxygens (including phenoxy) is 1. The Bertz CT molecular complexity index is 349. The third kappa shape index (κ3) is 4.94. The number of hydrogen-bond donors (Lipinski definition) is 1. The number of methoxy groups -OCH3 is 1. The molecule has 0 heterocycles. The molecule has 1 aromatic rings. The predicted octanol–water partition coefficient (Wildman–Crippen LogP) is 2.28. The van der Waals surface area contributed by atoms with E-state index in [0.29, 0.717) is 12.1 Å². The van der Waals surface area contributed by atoms with E-state index in [0.717, 1.165) is 19.6 Å². The maximum atomic E-state index is 5.28. The molecule has 0 amide bonds. The molecule has 1 aromatic carbocycles. The third-order valence-electron chi connectivity index (χ3n) is 3.87. The lowest BCUT2D eigenvalue weighted by Crippen LogP contribution is -2.45. The van der Waals surface area contributed by atoms with Gasteiger partial charge in [0.15, 0.2) is 0 Å². The molecule has 0 unspecified atom stereocenters. The number of rotatable bonds is 8. The first kappa shape index (κ1) is 14.5. The van der Waals surface area contributed by atoms with Gasteiger partial charge < -0.3 is 15.0 Å². The Morgan fingerprint density at radius 3 is 2.68 bits per heavy atom. The summed E-state index contributed by atoms with van der Waals surface area (Å²) in [6.07, 6.45) is 4.06. The minimum absolute atomic E-state index is 0.498. The Balaban J connectivity index is 1.51. The van der Waals surface area contributed by atoms with Gasteiger partial charge in [-0.05, 0) is 45.0 Å². The van der Waals surface area contributed by atoms with Crippen LogP contribution in [0.15, 0.2) is 30.3 Å². The molecule has 2 rings (SSSR count). The molecule has 19 heavy (non-hydrogen) atoms. The van der Waals surface area contributed by atoms with Crippen LogP contribution in [0.3, 0.4) is 0 Å². The fraction of sp³-hybridized carbons (Fsp3) is 0.625. The average Bonchev–Trinajstić information content (AvgIpc) is 2.37. The highest BCUT2D eigenvalue weighted by molar-refractivity contribution is 5.14. The lowest BCUT2D eigenvalue weighted by Gasteiger charge is -2.35. The molecular weight excluding hydrogens is 236 g/mol. The maximum Gasteiger partial charge on any atom is 0.0601 e. The van der Waals surface area contributed by atoms with Crippen molar-refractivity contribution >= 4 is 0 Å². The van der Waals surface area contributed by atoms with Crippen molar-refractivity contribution in [1.29, 1.82) is 0 Å². The molecule has 1 fully saturated rings. The molecule has 0 bridgehead atoms. The van der Waals surface area contributed by atoms with Gasteiger partial charge in [0, 0.05) is 19.7 Å². The van der Waals surface area contributed by atoms with Gasteiger partial charge in [-0.15, -0.1) is 0 Å². The molecule has 106 valence electrons. The van der Waals surface area contributed by atoms with E-state index in [9.17, 15) is 0 Å². The second-order valence-electron chi connectivity index (χ2n) is 5.56. The van der Waals surface area contributed by atoms with Crippen molar-refractivity contribution in [1.82, 2.24) is 10.2 Å². The highest BCUT2D eigenvalue weighted by Gasteiger charge is 2.27. The van der Waals surface area contributed by atoms with E-state index < -0.39 is 0 Å². The van der Waals surface area contributed by atoms with Crippen molar-refractivity contribution in [2.45, 2.75) is 38.0 Å². The quantitative estimate of drug-likeness (QED) is 0.727. The summed E-state index contributed by atoms with van der Waals surface area (Å²) in [5.41, 5.74) is 1.39. The molecule has 1 aliphatic carbocycles. The van der Waals surface area contributed by atoms with Crippen molar-refractivity contribution in [3.63, 3.8) is 0 Å². The first-order chi connectivity index (χ1) is 9.28. The third-order valence-corrected chi connectivity index (χ3v) is 3.87. The number of nitrogens with zero attached hydrogens (tertiary/aromatic N) is 1. The van der Waals surface area contributed by atoms with Crippen LogP contribution < -0.4 is 5.32 Å². The molecular formula is C16H26N2O. The number of benzene rings is 1. The fourth-order valence-electron chi connectivity index (χ4n) is 2.55. The fourth-order valence-corrected chi connectivity index (χ4v) is 2.55. The maximum absolute atomic E-state index is 5.28. The smallest absolute Gasteiger partial charge is 0.0601 e. The van der Waals surface area contributed by atoms with E-state index >= 15 is 0 Å². The normalized spacial score (nSPS) is 22.5. The van der Waals surface area contributed by atoms with Gasteiger partial charge in [0.2, 0.25) is 0 Å². The van der Waals surface area contributed by atoms with Crippen LogP contribution in [0.2, 0.25) is 0 Å². The van der Waals surface area contributed by atoms with Crippen LogP contribution in [0, 0.1) is 0 Å².